The maximum absolute atomic E-state index is 5.49. The average Bonchev–Trinajstić information content (AvgIpc) is 2.82. The van der Waals surface area contributed by atoms with Crippen LogP contribution in [-0.4, -0.2) is 27.3 Å². The van der Waals surface area contributed by atoms with Gasteiger partial charge in [0.1, 0.15) is 16.6 Å². The van der Waals surface area contributed by atoms with Gasteiger partial charge < -0.3 is 15.5 Å². The Bertz CT molecular complexity index is 710. The van der Waals surface area contributed by atoms with Crippen LogP contribution in [0, 0.1) is 0 Å². The van der Waals surface area contributed by atoms with E-state index < -0.39 is 0 Å². The molecule has 1 aromatic carbocycles. The number of rotatable bonds is 3. The average molecular weight is 273 g/mol. The Morgan fingerprint density at radius 3 is 2.84 bits per heavy atom. The molecule has 2 heterocycles. The lowest BCUT2D eigenvalue weighted by Crippen LogP contribution is -1.92. The molecule has 3 aromatic rings. The van der Waals surface area contributed by atoms with E-state index in [-0.39, 0.29) is 0 Å². The Balaban J connectivity index is 1.90. The molecule has 3 rings (SSSR count). The zero-order valence-electron chi connectivity index (χ0n) is 10.1. The van der Waals surface area contributed by atoms with Crippen LogP contribution < -0.4 is 10.5 Å². The third-order valence-electron chi connectivity index (χ3n) is 2.53. The molecule has 0 fully saturated rings. The van der Waals surface area contributed by atoms with Crippen LogP contribution in [0.1, 0.15) is 0 Å². The fourth-order valence-corrected chi connectivity index (χ4v) is 2.35. The van der Waals surface area contributed by atoms with E-state index in [2.05, 4.69) is 20.2 Å². The third-order valence-corrected chi connectivity index (χ3v) is 3.34. The van der Waals surface area contributed by atoms with Gasteiger partial charge in [-0.05, 0) is 36.0 Å². The SMILES string of the molecule is COc1ccc2nc(Sc3ccc(N)nn3)[nH]c2c1. The fraction of sp³-hybridized carbons (Fsp3) is 0.0833. The van der Waals surface area contributed by atoms with Gasteiger partial charge in [0.2, 0.25) is 0 Å². The number of hydrogen-bond donors (Lipinski definition) is 2. The second-order valence-corrected chi connectivity index (χ2v) is 4.83. The molecule has 0 amide bonds. The molecule has 7 heteroatoms. The molecular weight excluding hydrogens is 262 g/mol. The predicted octanol–water partition coefficient (Wildman–Crippen LogP) is 2.09. The highest BCUT2D eigenvalue weighted by molar-refractivity contribution is 7.99. The fourth-order valence-electron chi connectivity index (χ4n) is 1.62. The number of ether oxygens (including phenoxy) is 1. The molecule has 0 atom stereocenters. The van der Waals surface area contributed by atoms with Crippen LogP contribution in [0.3, 0.4) is 0 Å². The lowest BCUT2D eigenvalue weighted by Gasteiger charge is -1.96. The number of hydrogen-bond acceptors (Lipinski definition) is 6. The summed E-state index contributed by atoms with van der Waals surface area (Å²) in [4.78, 5) is 7.66. The number of nitrogens with two attached hydrogens (primary N) is 1. The summed E-state index contributed by atoms with van der Waals surface area (Å²) in [5, 5.41) is 9.27. The highest BCUT2D eigenvalue weighted by Gasteiger charge is 2.06. The van der Waals surface area contributed by atoms with Crippen molar-refractivity contribution < 1.29 is 4.74 Å². The largest absolute Gasteiger partial charge is 0.497 e. The first-order valence-electron chi connectivity index (χ1n) is 5.55. The zero-order chi connectivity index (χ0) is 13.2. The van der Waals surface area contributed by atoms with Crippen LogP contribution in [-0.2, 0) is 0 Å². The molecule has 0 spiro atoms. The summed E-state index contributed by atoms with van der Waals surface area (Å²) in [5.74, 6) is 1.19. The molecule has 0 saturated carbocycles. The first-order chi connectivity index (χ1) is 9.24. The maximum Gasteiger partial charge on any atom is 0.172 e. The minimum Gasteiger partial charge on any atom is -0.497 e. The Morgan fingerprint density at radius 2 is 2.11 bits per heavy atom. The molecule has 0 aliphatic heterocycles. The Labute approximate surface area is 113 Å². The van der Waals surface area contributed by atoms with E-state index in [0.29, 0.717) is 5.82 Å². The van der Waals surface area contributed by atoms with Crippen molar-refractivity contribution in [3.8, 4) is 5.75 Å². The van der Waals surface area contributed by atoms with Crippen molar-refractivity contribution >= 4 is 28.6 Å². The number of nitrogen functional groups attached to an aromatic ring is 1. The van der Waals surface area contributed by atoms with Crippen LogP contribution in [0.15, 0.2) is 40.5 Å². The van der Waals surface area contributed by atoms with Gasteiger partial charge >= 0.3 is 0 Å². The number of methoxy groups -OCH3 is 1. The van der Waals surface area contributed by atoms with Gasteiger partial charge in [-0.2, -0.15) is 0 Å². The van der Waals surface area contributed by atoms with Crippen LogP contribution >= 0.6 is 11.8 Å². The molecule has 0 bridgehead atoms. The Hall–Kier alpha value is -2.28. The molecule has 0 saturated heterocycles. The topological polar surface area (TPSA) is 89.7 Å². The lowest BCUT2D eigenvalue weighted by atomic mass is 10.3. The van der Waals surface area contributed by atoms with Crippen molar-refractivity contribution in [2.75, 3.05) is 12.8 Å². The number of anilines is 1. The molecule has 6 nitrogen and oxygen atoms in total. The molecule has 0 aliphatic rings. The van der Waals surface area contributed by atoms with Gasteiger partial charge in [-0.3, -0.25) is 0 Å². The number of aromatic nitrogens is 4. The smallest absolute Gasteiger partial charge is 0.172 e. The molecule has 3 N–H and O–H groups in total. The molecular formula is C12H11N5OS. The normalized spacial score (nSPS) is 10.8. The van der Waals surface area contributed by atoms with Crippen molar-refractivity contribution in [1.29, 1.82) is 0 Å². The first kappa shape index (κ1) is 11.8. The number of aromatic amines is 1. The highest BCUT2D eigenvalue weighted by Crippen LogP contribution is 2.27. The predicted molar refractivity (Wildman–Crippen MR) is 73.2 cm³/mol. The van der Waals surface area contributed by atoms with Gasteiger partial charge in [0.15, 0.2) is 5.16 Å². The van der Waals surface area contributed by atoms with E-state index in [1.54, 1.807) is 19.2 Å². The number of nitrogens with zero attached hydrogens (tertiary/aromatic N) is 3. The first-order valence-corrected chi connectivity index (χ1v) is 6.37. The van der Waals surface area contributed by atoms with Crippen LogP contribution in [0.2, 0.25) is 0 Å². The molecule has 0 unspecified atom stereocenters. The number of benzene rings is 1. The molecule has 96 valence electrons. The minimum absolute atomic E-state index is 0.402. The van der Waals surface area contributed by atoms with Gasteiger partial charge in [0.25, 0.3) is 0 Å². The molecule has 2 aromatic heterocycles. The molecule has 0 aliphatic carbocycles. The molecule has 19 heavy (non-hydrogen) atoms. The highest BCUT2D eigenvalue weighted by atomic mass is 32.2. The van der Waals surface area contributed by atoms with Crippen LogP contribution in [0.25, 0.3) is 11.0 Å². The van der Waals surface area contributed by atoms with Crippen molar-refractivity contribution in [1.82, 2.24) is 20.2 Å². The van der Waals surface area contributed by atoms with E-state index >= 15 is 0 Å². The Kier molecular flexibility index (Phi) is 2.96. The van der Waals surface area contributed by atoms with Crippen molar-refractivity contribution in [3.63, 3.8) is 0 Å². The van der Waals surface area contributed by atoms with E-state index in [1.807, 2.05) is 18.2 Å². The number of H-pyrrole nitrogens is 1. The summed E-state index contributed by atoms with van der Waals surface area (Å²) < 4.78 is 5.17. The van der Waals surface area contributed by atoms with Crippen LogP contribution in [0.4, 0.5) is 5.82 Å². The van der Waals surface area contributed by atoms with E-state index in [4.69, 9.17) is 10.5 Å². The van der Waals surface area contributed by atoms with E-state index in [0.717, 1.165) is 27.0 Å². The summed E-state index contributed by atoms with van der Waals surface area (Å²) in [6, 6.07) is 9.20. The lowest BCUT2D eigenvalue weighted by molar-refractivity contribution is 0.415. The summed E-state index contributed by atoms with van der Waals surface area (Å²) in [6.07, 6.45) is 0. The Morgan fingerprint density at radius 1 is 1.21 bits per heavy atom. The van der Waals surface area contributed by atoms with E-state index in [1.165, 1.54) is 11.8 Å². The summed E-state index contributed by atoms with van der Waals surface area (Å²) in [5.41, 5.74) is 7.30. The standard InChI is InChI=1S/C12H11N5OS/c1-18-7-2-3-8-9(6-7)15-12(14-8)19-11-5-4-10(13)16-17-11/h2-6H,1H3,(H2,13,16)(H,14,15). The number of imidazole rings is 1. The van der Waals surface area contributed by atoms with Crippen molar-refractivity contribution in [2.45, 2.75) is 10.2 Å². The van der Waals surface area contributed by atoms with Crippen LogP contribution in [0.5, 0.6) is 5.75 Å². The summed E-state index contributed by atoms with van der Waals surface area (Å²) in [7, 11) is 1.64. The summed E-state index contributed by atoms with van der Waals surface area (Å²) in [6.45, 7) is 0. The van der Waals surface area contributed by atoms with Gasteiger partial charge in [-0.1, -0.05) is 0 Å². The minimum atomic E-state index is 0.402. The quantitative estimate of drug-likeness (QED) is 0.759. The van der Waals surface area contributed by atoms with Gasteiger partial charge in [0.05, 0.1) is 18.1 Å². The van der Waals surface area contributed by atoms with Gasteiger partial charge in [-0.25, -0.2) is 4.98 Å². The number of nitrogens with one attached hydrogen (secondary N) is 1. The van der Waals surface area contributed by atoms with Gasteiger partial charge in [-0.15, -0.1) is 10.2 Å². The maximum atomic E-state index is 5.49. The summed E-state index contributed by atoms with van der Waals surface area (Å²) >= 11 is 1.40. The molecule has 0 radical (unpaired) electrons. The second-order valence-electron chi connectivity index (χ2n) is 3.82. The zero-order valence-corrected chi connectivity index (χ0v) is 10.9. The van der Waals surface area contributed by atoms with E-state index in [9.17, 15) is 0 Å². The van der Waals surface area contributed by atoms with Crippen molar-refractivity contribution in [3.05, 3.63) is 30.3 Å². The third kappa shape index (κ3) is 2.45. The van der Waals surface area contributed by atoms with Crippen molar-refractivity contribution in [2.24, 2.45) is 0 Å². The second kappa shape index (κ2) is 4.77. The van der Waals surface area contributed by atoms with Gasteiger partial charge in [0, 0.05) is 6.07 Å². The number of fused-ring (bicyclic) bond motifs is 1. The monoisotopic (exact) mass is 273 g/mol.